The van der Waals surface area contributed by atoms with Crippen LogP contribution in [-0.4, -0.2) is 49.6 Å². The molecule has 1 aliphatic heterocycles. The van der Waals surface area contributed by atoms with Crippen LogP contribution >= 0.6 is 11.8 Å². The molecule has 23 heavy (non-hydrogen) atoms. The Bertz CT molecular complexity index is 670. The second kappa shape index (κ2) is 7.71. The number of aryl methyl sites for hydroxylation is 1. The van der Waals surface area contributed by atoms with E-state index in [-0.39, 0.29) is 23.5 Å². The van der Waals surface area contributed by atoms with Gasteiger partial charge < -0.3 is 4.90 Å². The summed E-state index contributed by atoms with van der Waals surface area (Å²) in [6.07, 6.45) is 4.41. The third-order valence-electron chi connectivity index (χ3n) is 4.34. The van der Waals surface area contributed by atoms with Crippen LogP contribution in [0.1, 0.15) is 42.1 Å². The molecule has 0 spiro atoms. The molecular weight excluding hydrogens is 330 g/mol. The first-order chi connectivity index (χ1) is 10.9. The second-order valence-corrected chi connectivity index (χ2v) is 9.20. The highest BCUT2D eigenvalue weighted by atomic mass is 32.2. The normalized spacial score (nSPS) is 19.7. The minimum absolute atomic E-state index is 0.0334. The summed E-state index contributed by atoms with van der Waals surface area (Å²) < 4.78 is 23.6. The first-order valence-electron chi connectivity index (χ1n) is 8.04. The van der Waals surface area contributed by atoms with Crippen molar-refractivity contribution in [2.45, 2.75) is 44.0 Å². The number of carbonyl (C=O) groups excluding carboxylic acids is 1. The zero-order valence-corrected chi connectivity index (χ0v) is 15.7. The van der Waals surface area contributed by atoms with Crippen LogP contribution in [0.2, 0.25) is 0 Å². The maximum atomic E-state index is 13.1. The molecule has 128 valence electrons. The summed E-state index contributed by atoms with van der Waals surface area (Å²) >= 11 is 1.60. The van der Waals surface area contributed by atoms with Crippen molar-refractivity contribution in [3.63, 3.8) is 0 Å². The third kappa shape index (κ3) is 4.51. The number of rotatable bonds is 6. The Labute approximate surface area is 143 Å². The van der Waals surface area contributed by atoms with Gasteiger partial charge in [-0.15, -0.1) is 11.8 Å². The molecule has 1 heterocycles. The molecule has 1 saturated heterocycles. The highest BCUT2D eigenvalue weighted by Gasteiger charge is 2.35. The molecule has 4 nitrogen and oxygen atoms in total. The van der Waals surface area contributed by atoms with Gasteiger partial charge in [0.05, 0.1) is 11.5 Å². The van der Waals surface area contributed by atoms with Crippen LogP contribution < -0.4 is 0 Å². The Hall–Kier alpha value is -1.01. The Kier molecular flexibility index (Phi) is 6.14. The molecule has 1 aromatic carbocycles. The van der Waals surface area contributed by atoms with Gasteiger partial charge in [-0.2, -0.15) is 0 Å². The first kappa shape index (κ1) is 18.3. The predicted molar refractivity (Wildman–Crippen MR) is 96.0 cm³/mol. The van der Waals surface area contributed by atoms with E-state index >= 15 is 0 Å². The van der Waals surface area contributed by atoms with Gasteiger partial charge in [0.1, 0.15) is 0 Å². The fourth-order valence-corrected chi connectivity index (χ4v) is 5.08. The monoisotopic (exact) mass is 355 g/mol. The van der Waals surface area contributed by atoms with E-state index in [1.807, 2.05) is 31.4 Å². The number of unbranched alkanes of at least 4 members (excludes halogenated alkanes) is 1. The van der Waals surface area contributed by atoms with Crippen LogP contribution in [0.5, 0.6) is 0 Å². The smallest absolute Gasteiger partial charge is 0.254 e. The Morgan fingerprint density at radius 1 is 1.39 bits per heavy atom. The van der Waals surface area contributed by atoms with Crippen molar-refractivity contribution in [2.24, 2.45) is 0 Å². The predicted octanol–water partition coefficient (Wildman–Crippen LogP) is 3.15. The van der Waals surface area contributed by atoms with Gasteiger partial charge in [-0.25, -0.2) is 8.42 Å². The van der Waals surface area contributed by atoms with E-state index in [1.54, 1.807) is 16.7 Å². The molecule has 1 aromatic rings. The quantitative estimate of drug-likeness (QED) is 0.736. The molecule has 1 fully saturated rings. The Morgan fingerprint density at radius 2 is 2.13 bits per heavy atom. The standard InChI is InChI=1S/C17H25NO3S2/c1-4-5-9-18(14-8-10-23(20,21)12-14)17(19)16-11-15(22-3)7-6-13(16)2/h6-7,11,14H,4-5,8-10,12H2,1-3H3. The summed E-state index contributed by atoms with van der Waals surface area (Å²) in [6, 6.07) is 5.71. The van der Waals surface area contributed by atoms with Gasteiger partial charge in [0.25, 0.3) is 5.91 Å². The van der Waals surface area contributed by atoms with Crippen LogP contribution in [-0.2, 0) is 9.84 Å². The zero-order valence-electron chi connectivity index (χ0n) is 14.0. The van der Waals surface area contributed by atoms with Gasteiger partial charge in [0.2, 0.25) is 0 Å². The topological polar surface area (TPSA) is 54.5 Å². The number of nitrogens with zero attached hydrogens (tertiary/aromatic N) is 1. The minimum atomic E-state index is -3.00. The maximum absolute atomic E-state index is 13.1. The SMILES string of the molecule is CCCCN(C(=O)c1cc(SC)ccc1C)C1CCS(=O)(=O)C1. The average Bonchev–Trinajstić information content (AvgIpc) is 2.88. The lowest BCUT2D eigenvalue weighted by atomic mass is 10.1. The Balaban J connectivity index is 2.30. The van der Waals surface area contributed by atoms with Crippen molar-refractivity contribution in [1.82, 2.24) is 4.90 Å². The van der Waals surface area contributed by atoms with Crippen LogP contribution in [0.15, 0.2) is 23.1 Å². The second-order valence-electron chi connectivity index (χ2n) is 6.09. The van der Waals surface area contributed by atoms with E-state index in [9.17, 15) is 13.2 Å². The molecule has 0 aromatic heterocycles. The Morgan fingerprint density at radius 3 is 2.70 bits per heavy atom. The molecule has 0 aliphatic carbocycles. The number of sulfone groups is 1. The van der Waals surface area contributed by atoms with Crippen molar-refractivity contribution in [3.05, 3.63) is 29.3 Å². The van der Waals surface area contributed by atoms with E-state index in [0.29, 0.717) is 18.5 Å². The van der Waals surface area contributed by atoms with Crippen molar-refractivity contribution in [2.75, 3.05) is 24.3 Å². The number of hydrogen-bond acceptors (Lipinski definition) is 4. The molecule has 0 radical (unpaired) electrons. The summed E-state index contributed by atoms with van der Waals surface area (Å²) in [6.45, 7) is 4.63. The summed E-state index contributed by atoms with van der Waals surface area (Å²) in [7, 11) is -3.00. The van der Waals surface area contributed by atoms with E-state index < -0.39 is 9.84 Å². The first-order valence-corrected chi connectivity index (χ1v) is 11.1. The number of benzene rings is 1. The zero-order chi connectivity index (χ0) is 17.0. The summed E-state index contributed by atoms with van der Waals surface area (Å²) in [5, 5.41) is 0. The van der Waals surface area contributed by atoms with Crippen molar-refractivity contribution >= 4 is 27.5 Å². The third-order valence-corrected chi connectivity index (χ3v) is 6.81. The minimum Gasteiger partial charge on any atom is -0.335 e. The highest BCUT2D eigenvalue weighted by molar-refractivity contribution is 7.98. The fraction of sp³-hybridized carbons (Fsp3) is 0.588. The molecule has 6 heteroatoms. The van der Waals surface area contributed by atoms with Gasteiger partial charge >= 0.3 is 0 Å². The molecule has 0 N–H and O–H groups in total. The van der Waals surface area contributed by atoms with Gasteiger partial charge in [-0.3, -0.25) is 4.79 Å². The summed E-state index contributed by atoms with van der Waals surface area (Å²) in [5.74, 6) is 0.259. The fourth-order valence-electron chi connectivity index (χ4n) is 2.91. The van der Waals surface area contributed by atoms with E-state index in [1.165, 1.54) is 0 Å². The van der Waals surface area contributed by atoms with Gasteiger partial charge in [0.15, 0.2) is 9.84 Å². The number of thioether (sulfide) groups is 1. The van der Waals surface area contributed by atoms with E-state index in [4.69, 9.17) is 0 Å². The number of hydrogen-bond donors (Lipinski definition) is 0. The van der Waals surface area contributed by atoms with Crippen LogP contribution in [0.25, 0.3) is 0 Å². The van der Waals surface area contributed by atoms with Gasteiger partial charge in [-0.05, 0) is 43.7 Å². The molecule has 0 bridgehead atoms. The highest BCUT2D eigenvalue weighted by Crippen LogP contribution is 2.24. The van der Waals surface area contributed by atoms with E-state index in [2.05, 4.69) is 6.92 Å². The molecular formula is C17H25NO3S2. The van der Waals surface area contributed by atoms with E-state index in [0.717, 1.165) is 23.3 Å². The number of amides is 1. The molecule has 1 aliphatic rings. The molecule has 1 amide bonds. The molecule has 2 rings (SSSR count). The largest absolute Gasteiger partial charge is 0.335 e. The maximum Gasteiger partial charge on any atom is 0.254 e. The average molecular weight is 356 g/mol. The molecule has 1 atom stereocenters. The van der Waals surface area contributed by atoms with Gasteiger partial charge in [0, 0.05) is 23.0 Å². The summed E-state index contributed by atoms with van der Waals surface area (Å²) in [4.78, 5) is 15.9. The van der Waals surface area contributed by atoms with Gasteiger partial charge in [-0.1, -0.05) is 19.4 Å². The lowest BCUT2D eigenvalue weighted by molar-refractivity contribution is 0.0693. The summed E-state index contributed by atoms with van der Waals surface area (Å²) in [5.41, 5.74) is 1.63. The number of carbonyl (C=O) groups is 1. The van der Waals surface area contributed by atoms with Crippen molar-refractivity contribution < 1.29 is 13.2 Å². The lowest BCUT2D eigenvalue weighted by Crippen LogP contribution is -2.42. The van der Waals surface area contributed by atoms with Crippen LogP contribution in [0, 0.1) is 6.92 Å². The van der Waals surface area contributed by atoms with Crippen molar-refractivity contribution in [3.8, 4) is 0 Å². The lowest BCUT2D eigenvalue weighted by Gasteiger charge is -2.29. The molecule has 0 saturated carbocycles. The van der Waals surface area contributed by atoms with Crippen LogP contribution in [0.3, 0.4) is 0 Å². The van der Waals surface area contributed by atoms with Crippen molar-refractivity contribution in [1.29, 1.82) is 0 Å². The molecule has 1 unspecified atom stereocenters. The van der Waals surface area contributed by atoms with Crippen LogP contribution in [0.4, 0.5) is 0 Å².